The lowest BCUT2D eigenvalue weighted by atomic mass is 10.0. The maximum atomic E-state index is 15.4. The van der Waals surface area contributed by atoms with E-state index in [1.54, 1.807) is 34.6 Å². The van der Waals surface area contributed by atoms with Gasteiger partial charge in [-0.25, -0.2) is 22.6 Å². The van der Waals surface area contributed by atoms with Crippen LogP contribution in [-0.2, 0) is 22.4 Å². The van der Waals surface area contributed by atoms with Gasteiger partial charge in [-0.05, 0) is 47.1 Å². The Morgan fingerprint density at radius 1 is 1.17 bits per heavy atom. The quantitative estimate of drug-likeness (QED) is 0.290. The molecule has 14 heteroatoms. The van der Waals surface area contributed by atoms with E-state index in [9.17, 15) is 18.8 Å². The highest BCUT2D eigenvalue weighted by Crippen LogP contribution is 2.34. The van der Waals surface area contributed by atoms with Crippen LogP contribution in [0.3, 0.4) is 0 Å². The van der Waals surface area contributed by atoms with E-state index in [-0.39, 0.29) is 41.4 Å². The van der Waals surface area contributed by atoms with Gasteiger partial charge in [0.1, 0.15) is 22.7 Å². The number of anilines is 2. The Bertz CT molecular complexity index is 1490. The molecule has 0 saturated heterocycles. The molecular weight excluding hydrogens is 545 g/mol. The Hall–Kier alpha value is -4.62. The summed E-state index contributed by atoms with van der Waals surface area (Å²) >= 11 is 0. The summed E-state index contributed by atoms with van der Waals surface area (Å²) in [5.74, 6) is -5.27. The number of halogens is 3. The fourth-order valence-corrected chi connectivity index (χ4v) is 3.77. The molecule has 0 saturated carbocycles. The van der Waals surface area contributed by atoms with Crippen molar-refractivity contribution in [1.82, 2.24) is 14.9 Å². The molecule has 3 amide bonds. The zero-order valence-electron chi connectivity index (χ0n) is 23.2. The first-order valence-electron chi connectivity index (χ1n) is 12.6. The molecule has 0 spiro atoms. The van der Waals surface area contributed by atoms with Crippen molar-refractivity contribution < 1.29 is 36.8 Å². The van der Waals surface area contributed by atoms with Crippen LogP contribution >= 0.6 is 0 Å². The summed E-state index contributed by atoms with van der Waals surface area (Å²) < 4.78 is 54.8. The number of amides is 3. The number of carbonyl (C=O) groups excluding carboxylic acids is 3. The van der Waals surface area contributed by atoms with Gasteiger partial charge in [0.15, 0.2) is 11.6 Å². The molecule has 11 nitrogen and oxygen atoms in total. The number of nitrogens with zero attached hydrogens (tertiary/aromatic N) is 3. The highest BCUT2D eigenvalue weighted by molar-refractivity contribution is 6.06. The molecule has 0 atom stereocenters. The minimum absolute atomic E-state index is 0.0300. The minimum Gasteiger partial charge on any atom is -0.444 e. The first-order valence-corrected chi connectivity index (χ1v) is 12.6. The van der Waals surface area contributed by atoms with Crippen LogP contribution in [0.5, 0.6) is 0 Å². The Balaban J connectivity index is 1.90. The van der Waals surface area contributed by atoms with Gasteiger partial charge in [0.25, 0.3) is 5.91 Å². The summed E-state index contributed by atoms with van der Waals surface area (Å²) in [5.41, 5.74) is 3.70. The monoisotopic (exact) mass is 576 g/mol. The van der Waals surface area contributed by atoms with Crippen molar-refractivity contribution in [3.05, 3.63) is 59.1 Å². The summed E-state index contributed by atoms with van der Waals surface area (Å²) in [5, 5.41) is 12.7. The number of rotatable bonds is 10. The molecule has 0 fully saturated rings. The fourth-order valence-electron chi connectivity index (χ4n) is 3.77. The Kier molecular flexibility index (Phi) is 9.25. The second-order valence-electron chi connectivity index (χ2n) is 10.4. The van der Waals surface area contributed by atoms with E-state index in [0.717, 1.165) is 12.1 Å². The summed E-state index contributed by atoms with van der Waals surface area (Å²) in [7, 11) is 0. The second kappa shape index (κ2) is 12.3. The van der Waals surface area contributed by atoms with Gasteiger partial charge in [-0.1, -0.05) is 17.8 Å². The largest absolute Gasteiger partial charge is 0.444 e. The van der Waals surface area contributed by atoms with Crippen LogP contribution in [0.1, 0.15) is 68.7 Å². The number of ether oxygens (including phenoxy) is 1. The van der Waals surface area contributed by atoms with Gasteiger partial charge in [0.05, 0.1) is 17.9 Å². The van der Waals surface area contributed by atoms with Crippen LogP contribution < -0.4 is 16.4 Å². The van der Waals surface area contributed by atoms with Gasteiger partial charge in [0.2, 0.25) is 11.8 Å². The number of allylic oxidation sites excluding steroid dienone is 1. The van der Waals surface area contributed by atoms with Gasteiger partial charge >= 0.3 is 6.09 Å². The summed E-state index contributed by atoms with van der Waals surface area (Å²) in [4.78, 5) is 37.4. The number of aryl methyl sites for hydroxylation is 1. The van der Waals surface area contributed by atoms with Crippen LogP contribution in [0.25, 0.3) is 11.3 Å². The lowest BCUT2D eigenvalue weighted by Gasteiger charge is -2.20. The van der Waals surface area contributed by atoms with E-state index >= 15 is 8.78 Å². The minimum atomic E-state index is -1.39. The van der Waals surface area contributed by atoms with E-state index in [2.05, 4.69) is 27.5 Å². The molecular formula is C27H31F3N6O5. The second-order valence-corrected chi connectivity index (χ2v) is 10.4. The number of hydrogen-bond acceptors (Lipinski definition) is 7. The average Bonchev–Trinajstić information content (AvgIpc) is 3.44. The van der Waals surface area contributed by atoms with E-state index in [4.69, 9.17) is 15.0 Å². The highest BCUT2D eigenvalue weighted by atomic mass is 19.2. The van der Waals surface area contributed by atoms with E-state index in [1.165, 1.54) is 10.7 Å². The third kappa shape index (κ3) is 7.74. The van der Waals surface area contributed by atoms with E-state index in [0.29, 0.717) is 5.69 Å². The van der Waals surface area contributed by atoms with Gasteiger partial charge < -0.3 is 15.0 Å². The third-order valence-electron chi connectivity index (χ3n) is 5.51. The Morgan fingerprint density at radius 2 is 1.85 bits per heavy atom. The maximum Gasteiger partial charge on any atom is 0.413 e. The molecule has 3 aromatic rings. The van der Waals surface area contributed by atoms with Crippen molar-refractivity contribution in [2.45, 2.75) is 65.5 Å². The first-order chi connectivity index (χ1) is 19.1. The number of hydrogen-bond donors (Lipinski definition) is 3. The molecule has 2 aromatic heterocycles. The summed E-state index contributed by atoms with van der Waals surface area (Å²) in [6, 6.07) is 3.25. The first kappa shape index (κ1) is 30.9. The molecule has 2 heterocycles. The van der Waals surface area contributed by atoms with E-state index < -0.39 is 59.0 Å². The molecule has 0 unspecified atom stereocenters. The van der Waals surface area contributed by atoms with Gasteiger partial charge in [0, 0.05) is 29.7 Å². The van der Waals surface area contributed by atoms with Crippen molar-refractivity contribution in [2.24, 2.45) is 5.73 Å². The predicted molar refractivity (Wildman–Crippen MR) is 144 cm³/mol. The smallest absolute Gasteiger partial charge is 0.413 e. The molecule has 0 aliphatic carbocycles. The van der Waals surface area contributed by atoms with Crippen LogP contribution in [-0.4, -0.2) is 38.4 Å². The SMILES string of the molecule is C=C(F)CCc1cc(NC(=O)Cc2ccc(-c3nn(C(C)C)c(NC(=O)OC(C)(C)C)c3C(N)=O)c(F)c2F)on1. The normalized spacial score (nSPS) is 11.4. The highest BCUT2D eigenvalue weighted by Gasteiger charge is 2.30. The lowest BCUT2D eigenvalue weighted by molar-refractivity contribution is -0.115. The van der Waals surface area contributed by atoms with Crippen LogP contribution in [0.15, 0.2) is 35.1 Å². The summed E-state index contributed by atoms with van der Waals surface area (Å²) in [6.07, 6.45) is -1.25. The molecule has 0 aliphatic heterocycles. The molecule has 4 N–H and O–H groups in total. The molecule has 0 radical (unpaired) electrons. The third-order valence-corrected chi connectivity index (χ3v) is 5.51. The molecule has 3 rings (SSSR count). The van der Waals surface area contributed by atoms with Crippen molar-refractivity contribution in [3.63, 3.8) is 0 Å². The predicted octanol–water partition coefficient (Wildman–Crippen LogP) is 5.44. The van der Waals surface area contributed by atoms with Gasteiger partial charge in [-0.3, -0.25) is 20.2 Å². The Labute approximate surface area is 233 Å². The van der Waals surface area contributed by atoms with Crippen molar-refractivity contribution in [3.8, 4) is 11.3 Å². The van der Waals surface area contributed by atoms with Crippen LogP contribution in [0.2, 0.25) is 0 Å². The number of carbonyl (C=O) groups is 3. The number of benzene rings is 1. The molecule has 41 heavy (non-hydrogen) atoms. The zero-order valence-corrected chi connectivity index (χ0v) is 23.2. The number of primary amides is 1. The summed E-state index contributed by atoms with van der Waals surface area (Å²) in [6.45, 7) is 11.5. The molecule has 0 bridgehead atoms. The van der Waals surface area contributed by atoms with Gasteiger partial charge in [-0.15, -0.1) is 0 Å². The number of nitrogens with one attached hydrogen (secondary N) is 2. The van der Waals surface area contributed by atoms with E-state index in [1.807, 2.05) is 0 Å². The van der Waals surface area contributed by atoms with Gasteiger partial charge in [-0.2, -0.15) is 5.10 Å². The van der Waals surface area contributed by atoms with Crippen molar-refractivity contribution in [2.75, 3.05) is 10.6 Å². The van der Waals surface area contributed by atoms with Crippen molar-refractivity contribution >= 4 is 29.6 Å². The Morgan fingerprint density at radius 3 is 2.44 bits per heavy atom. The average molecular weight is 577 g/mol. The molecule has 220 valence electrons. The fraction of sp³-hybridized carbons (Fsp3) is 0.370. The number of nitrogens with two attached hydrogens (primary N) is 1. The van der Waals surface area contributed by atoms with Crippen LogP contribution in [0, 0.1) is 11.6 Å². The lowest BCUT2D eigenvalue weighted by Crippen LogP contribution is -2.29. The maximum absolute atomic E-state index is 15.4. The standard InChI is InChI=1S/C27H31F3N6O5/c1-13(2)36-25(33-26(39)40-27(4,5)6)20(24(31)38)23(34-36)17-10-8-15(21(29)22(17)30)11-18(37)32-19-12-16(35-41-19)9-7-14(3)28/h8,10,12-13H,3,7,9,11H2,1-2,4-6H3,(H2,31,38)(H,32,37)(H,33,39). The van der Waals surface area contributed by atoms with Crippen molar-refractivity contribution in [1.29, 1.82) is 0 Å². The molecule has 0 aliphatic rings. The topological polar surface area (TPSA) is 154 Å². The zero-order chi connectivity index (χ0) is 30.6. The van der Waals surface area contributed by atoms with Crippen LogP contribution in [0.4, 0.5) is 29.7 Å². The number of aromatic nitrogens is 3. The molecule has 1 aromatic carbocycles.